The van der Waals surface area contributed by atoms with Crippen LogP contribution >= 0.6 is 11.6 Å². The number of hydrogen-bond donors (Lipinski definition) is 2. The van der Waals surface area contributed by atoms with E-state index in [0.717, 1.165) is 18.1 Å². The first kappa shape index (κ1) is 19.2. The van der Waals surface area contributed by atoms with Crippen molar-refractivity contribution >= 4 is 29.1 Å². The number of nitro benzene ring substituents is 1. The zero-order chi connectivity index (χ0) is 19.1. The SMILES string of the molecule is CCc1ccccc1OCC(=O)NNC(=O)c1ccc(Cl)cc1[N+](=O)[O-]. The molecule has 0 fully saturated rings. The minimum atomic E-state index is -0.837. The smallest absolute Gasteiger partial charge is 0.283 e. The Labute approximate surface area is 154 Å². The van der Waals surface area contributed by atoms with Crippen LogP contribution in [0.3, 0.4) is 0 Å². The Morgan fingerprint density at radius 3 is 2.62 bits per heavy atom. The van der Waals surface area contributed by atoms with E-state index in [1.807, 2.05) is 19.1 Å². The topological polar surface area (TPSA) is 111 Å². The van der Waals surface area contributed by atoms with E-state index in [1.165, 1.54) is 12.1 Å². The molecule has 0 aliphatic carbocycles. The average Bonchev–Trinajstić information content (AvgIpc) is 2.64. The van der Waals surface area contributed by atoms with Gasteiger partial charge in [-0.15, -0.1) is 0 Å². The molecule has 9 heteroatoms. The molecule has 26 heavy (non-hydrogen) atoms. The van der Waals surface area contributed by atoms with Crippen molar-refractivity contribution in [1.82, 2.24) is 10.9 Å². The van der Waals surface area contributed by atoms with Crippen molar-refractivity contribution in [3.05, 3.63) is 68.7 Å². The minimum Gasteiger partial charge on any atom is -0.483 e. The molecular formula is C17H16ClN3O5. The number of hydrogen-bond acceptors (Lipinski definition) is 5. The highest BCUT2D eigenvalue weighted by molar-refractivity contribution is 6.31. The van der Waals surface area contributed by atoms with Crippen molar-refractivity contribution in [2.45, 2.75) is 13.3 Å². The number of carbonyl (C=O) groups is 2. The summed E-state index contributed by atoms with van der Waals surface area (Å²) in [4.78, 5) is 34.1. The molecule has 2 N–H and O–H groups in total. The number of nitrogens with one attached hydrogen (secondary N) is 2. The minimum absolute atomic E-state index is 0.125. The normalized spacial score (nSPS) is 10.1. The van der Waals surface area contributed by atoms with Crippen LogP contribution < -0.4 is 15.6 Å². The molecule has 2 aromatic carbocycles. The number of hydrazine groups is 1. The van der Waals surface area contributed by atoms with Crippen LogP contribution in [-0.4, -0.2) is 23.3 Å². The molecule has 0 aliphatic heterocycles. The first-order chi connectivity index (χ1) is 12.4. The Balaban J connectivity index is 1.93. The van der Waals surface area contributed by atoms with Gasteiger partial charge in [-0.3, -0.25) is 30.6 Å². The van der Waals surface area contributed by atoms with E-state index in [0.29, 0.717) is 5.75 Å². The highest BCUT2D eigenvalue weighted by Gasteiger charge is 2.21. The zero-order valence-corrected chi connectivity index (χ0v) is 14.6. The van der Waals surface area contributed by atoms with Gasteiger partial charge < -0.3 is 4.74 Å². The van der Waals surface area contributed by atoms with Crippen LogP contribution in [0.15, 0.2) is 42.5 Å². The van der Waals surface area contributed by atoms with Gasteiger partial charge in [-0.25, -0.2) is 0 Å². The Morgan fingerprint density at radius 2 is 1.92 bits per heavy atom. The first-order valence-corrected chi connectivity index (χ1v) is 8.04. The van der Waals surface area contributed by atoms with Crippen LogP contribution in [-0.2, 0) is 11.2 Å². The quantitative estimate of drug-likeness (QED) is 0.594. The van der Waals surface area contributed by atoms with Gasteiger partial charge in [0.15, 0.2) is 6.61 Å². The summed E-state index contributed by atoms with van der Waals surface area (Å²) in [5.41, 5.74) is 4.52. The Kier molecular flexibility index (Phi) is 6.51. The lowest BCUT2D eigenvalue weighted by atomic mass is 10.1. The van der Waals surface area contributed by atoms with E-state index < -0.39 is 22.4 Å². The number of carbonyl (C=O) groups excluding carboxylic acids is 2. The van der Waals surface area contributed by atoms with Gasteiger partial charge >= 0.3 is 0 Å². The molecule has 0 saturated carbocycles. The summed E-state index contributed by atoms with van der Waals surface area (Å²) in [6.45, 7) is 1.64. The average molecular weight is 378 g/mol. The fourth-order valence-corrected chi connectivity index (χ4v) is 2.32. The van der Waals surface area contributed by atoms with Gasteiger partial charge in [0.25, 0.3) is 17.5 Å². The zero-order valence-electron chi connectivity index (χ0n) is 13.8. The number of nitrogens with zero attached hydrogens (tertiary/aromatic N) is 1. The van der Waals surface area contributed by atoms with Crippen molar-refractivity contribution in [3.63, 3.8) is 0 Å². The van der Waals surface area contributed by atoms with Crippen LogP contribution in [0.5, 0.6) is 5.75 Å². The Hall–Kier alpha value is -3.13. The van der Waals surface area contributed by atoms with Gasteiger partial charge in [-0.05, 0) is 30.2 Å². The maximum Gasteiger partial charge on any atom is 0.283 e. The van der Waals surface area contributed by atoms with Crippen molar-refractivity contribution in [2.24, 2.45) is 0 Å². The highest BCUT2D eigenvalue weighted by Crippen LogP contribution is 2.23. The van der Waals surface area contributed by atoms with Crippen LogP contribution in [0.25, 0.3) is 0 Å². The number of aryl methyl sites for hydroxylation is 1. The predicted octanol–water partition coefficient (Wildman–Crippen LogP) is 2.65. The lowest BCUT2D eigenvalue weighted by Gasteiger charge is -2.11. The molecule has 0 atom stereocenters. The fraction of sp³-hybridized carbons (Fsp3) is 0.176. The Morgan fingerprint density at radius 1 is 1.19 bits per heavy atom. The summed E-state index contributed by atoms with van der Waals surface area (Å²) < 4.78 is 5.42. The Bertz CT molecular complexity index is 841. The number of rotatable bonds is 6. The molecule has 0 heterocycles. The second-order valence-corrected chi connectivity index (χ2v) is 5.61. The molecular weight excluding hydrogens is 362 g/mol. The molecule has 0 spiro atoms. The number of benzene rings is 2. The number of halogens is 1. The summed E-state index contributed by atoms with van der Waals surface area (Å²) >= 11 is 5.69. The van der Waals surface area contributed by atoms with E-state index in [-0.39, 0.29) is 17.2 Å². The predicted molar refractivity (Wildman–Crippen MR) is 95.0 cm³/mol. The third-order valence-corrected chi connectivity index (χ3v) is 3.66. The van der Waals surface area contributed by atoms with Gasteiger partial charge in [0.1, 0.15) is 11.3 Å². The summed E-state index contributed by atoms with van der Waals surface area (Å²) in [5.74, 6) is -0.874. The van der Waals surface area contributed by atoms with Crippen molar-refractivity contribution in [3.8, 4) is 5.75 Å². The van der Waals surface area contributed by atoms with Crippen molar-refractivity contribution in [2.75, 3.05) is 6.61 Å². The van der Waals surface area contributed by atoms with Crippen LogP contribution in [0.2, 0.25) is 5.02 Å². The molecule has 0 saturated heterocycles. The second-order valence-electron chi connectivity index (χ2n) is 5.17. The lowest BCUT2D eigenvalue weighted by molar-refractivity contribution is -0.385. The van der Waals surface area contributed by atoms with Crippen LogP contribution in [0, 0.1) is 10.1 Å². The van der Waals surface area contributed by atoms with Gasteiger partial charge in [0.05, 0.1) is 4.92 Å². The van der Waals surface area contributed by atoms with E-state index >= 15 is 0 Å². The molecule has 8 nitrogen and oxygen atoms in total. The summed E-state index contributed by atoms with van der Waals surface area (Å²) in [6, 6.07) is 10.9. The third-order valence-electron chi connectivity index (χ3n) is 3.43. The summed E-state index contributed by atoms with van der Waals surface area (Å²) in [5, 5.41) is 11.1. The van der Waals surface area contributed by atoms with E-state index in [2.05, 4.69) is 10.9 Å². The molecule has 2 aromatic rings. The van der Waals surface area contributed by atoms with Gasteiger partial charge in [0, 0.05) is 11.1 Å². The molecule has 0 aliphatic rings. The van der Waals surface area contributed by atoms with E-state index in [9.17, 15) is 19.7 Å². The van der Waals surface area contributed by atoms with Crippen LogP contribution in [0.4, 0.5) is 5.69 Å². The lowest BCUT2D eigenvalue weighted by Crippen LogP contribution is -2.44. The molecule has 0 bridgehead atoms. The molecule has 0 aromatic heterocycles. The number of amides is 2. The monoisotopic (exact) mass is 377 g/mol. The molecule has 2 amide bonds. The molecule has 2 rings (SSSR count). The van der Waals surface area contributed by atoms with E-state index in [4.69, 9.17) is 16.3 Å². The third kappa shape index (κ3) is 4.93. The maximum absolute atomic E-state index is 12.0. The van der Waals surface area contributed by atoms with Gasteiger partial charge in [0.2, 0.25) is 0 Å². The largest absolute Gasteiger partial charge is 0.483 e. The highest BCUT2D eigenvalue weighted by atomic mass is 35.5. The summed E-state index contributed by atoms with van der Waals surface area (Å²) in [6.07, 6.45) is 0.745. The maximum atomic E-state index is 12.0. The molecule has 136 valence electrons. The fourth-order valence-electron chi connectivity index (χ4n) is 2.16. The number of ether oxygens (including phenoxy) is 1. The number of para-hydroxylation sites is 1. The number of nitro groups is 1. The second kappa shape index (κ2) is 8.82. The summed E-state index contributed by atoms with van der Waals surface area (Å²) in [7, 11) is 0. The van der Waals surface area contributed by atoms with Crippen molar-refractivity contribution in [1.29, 1.82) is 0 Å². The van der Waals surface area contributed by atoms with Gasteiger partial charge in [-0.1, -0.05) is 36.7 Å². The van der Waals surface area contributed by atoms with Crippen LogP contribution in [0.1, 0.15) is 22.8 Å². The van der Waals surface area contributed by atoms with E-state index in [1.54, 1.807) is 12.1 Å². The molecule has 0 radical (unpaired) electrons. The van der Waals surface area contributed by atoms with Crippen molar-refractivity contribution < 1.29 is 19.2 Å². The standard InChI is InChI=1S/C17H16ClN3O5/c1-2-11-5-3-4-6-15(11)26-10-16(22)19-20-17(23)13-8-7-12(18)9-14(13)21(24)25/h3-9H,2,10H2,1H3,(H,19,22)(H,20,23). The first-order valence-electron chi connectivity index (χ1n) is 7.66. The molecule has 0 unspecified atom stereocenters. The van der Waals surface area contributed by atoms with Gasteiger partial charge in [-0.2, -0.15) is 0 Å².